The van der Waals surface area contributed by atoms with Gasteiger partial charge in [0, 0.05) is 24.8 Å². The summed E-state index contributed by atoms with van der Waals surface area (Å²) in [7, 11) is 0. The van der Waals surface area contributed by atoms with Crippen LogP contribution in [0.25, 0.3) is 0 Å². The maximum atomic E-state index is 12.0. The second-order valence-corrected chi connectivity index (χ2v) is 6.69. The van der Waals surface area contributed by atoms with Crippen molar-refractivity contribution < 1.29 is 14.7 Å². The van der Waals surface area contributed by atoms with Gasteiger partial charge in [-0.25, -0.2) is 9.78 Å². The monoisotopic (exact) mass is 330 g/mol. The van der Waals surface area contributed by atoms with Crippen LogP contribution in [0.1, 0.15) is 39.8 Å². The molecule has 1 amide bonds. The van der Waals surface area contributed by atoms with E-state index in [4.69, 9.17) is 5.11 Å². The van der Waals surface area contributed by atoms with Gasteiger partial charge in [-0.2, -0.15) is 0 Å². The minimum atomic E-state index is -1.02. The van der Waals surface area contributed by atoms with Gasteiger partial charge in [0.15, 0.2) is 5.69 Å². The standard InChI is InChI=1S/C17H18N2O3S/c20-15(9-12-8-13(12)11-4-2-1-3-5-11)18-7-6-16-19-14(10-23-16)17(21)22/h1-5,10,12-13H,6-9H2,(H,18,20)(H,21,22)/t12-,13-/m0/s1. The van der Waals surface area contributed by atoms with E-state index in [0.717, 1.165) is 11.4 Å². The van der Waals surface area contributed by atoms with E-state index in [0.29, 0.717) is 31.2 Å². The minimum absolute atomic E-state index is 0.0587. The maximum Gasteiger partial charge on any atom is 0.355 e. The number of nitrogens with zero attached hydrogens (tertiary/aromatic N) is 1. The Bertz CT molecular complexity index is 699. The Labute approximate surface area is 138 Å². The Hall–Kier alpha value is -2.21. The third kappa shape index (κ3) is 4.16. The fourth-order valence-corrected chi connectivity index (χ4v) is 3.50. The molecular formula is C17H18N2O3S. The van der Waals surface area contributed by atoms with Gasteiger partial charge in [0.1, 0.15) is 0 Å². The van der Waals surface area contributed by atoms with Crippen molar-refractivity contribution >= 4 is 23.2 Å². The van der Waals surface area contributed by atoms with Gasteiger partial charge in [-0.15, -0.1) is 11.3 Å². The van der Waals surface area contributed by atoms with Crippen molar-refractivity contribution in [1.82, 2.24) is 10.3 Å². The van der Waals surface area contributed by atoms with Crippen LogP contribution in [-0.4, -0.2) is 28.5 Å². The molecule has 1 aliphatic carbocycles. The van der Waals surface area contributed by atoms with E-state index in [1.54, 1.807) is 0 Å². The molecule has 1 aliphatic rings. The van der Waals surface area contributed by atoms with E-state index >= 15 is 0 Å². The van der Waals surface area contributed by atoms with Crippen molar-refractivity contribution in [2.24, 2.45) is 5.92 Å². The van der Waals surface area contributed by atoms with Crippen LogP contribution in [0.5, 0.6) is 0 Å². The number of hydrogen-bond acceptors (Lipinski definition) is 4. The highest BCUT2D eigenvalue weighted by atomic mass is 32.1. The minimum Gasteiger partial charge on any atom is -0.476 e. The molecule has 3 rings (SSSR count). The predicted molar refractivity (Wildman–Crippen MR) is 87.7 cm³/mol. The molecule has 0 radical (unpaired) electrons. The number of carbonyl (C=O) groups is 2. The highest BCUT2D eigenvalue weighted by molar-refractivity contribution is 7.09. The Balaban J connectivity index is 1.38. The summed E-state index contributed by atoms with van der Waals surface area (Å²) < 4.78 is 0. The number of amides is 1. The molecular weight excluding hydrogens is 312 g/mol. The van der Waals surface area contributed by atoms with Crippen LogP contribution in [0.4, 0.5) is 0 Å². The third-order valence-corrected chi connectivity index (χ3v) is 4.94. The Morgan fingerprint density at radius 2 is 2.09 bits per heavy atom. The van der Waals surface area contributed by atoms with Gasteiger partial charge in [-0.05, 0) is 23.8 Å². The first-order valence-corrected chi connectivity index (χ1v) is 8.51. The number of aromatic carboxylic acids is 1. The first kappa shape index (κ1) is 15.7. The highest BCUT2D eigenvalue weighted by Crippen LogP contribution is 2.49. The second-order valence-electron chi connectivity index (χ2n) is 5.75. The smallest absolute Gasteiger partial charge is 0.355 e. The van der Waals surface area contributed by atoms with Crippen LogP contribution in [0.2, 0.25) is 0 Å². The van der Waals surface area contributed by atoms with Crippen LogP contribution in [-0.2, 0) is 11.2 Å². The van der Waals surface area contributed by atoms with Gasteiger partial charge in [0.2, 0.25) is 5.91 Å². The first-order chi connectivity index (χ1) is 11.1. The van der Waals surface area contributed by atoms with Crippen molar-refractivity contribution in [3.63, 3.8) is 0 Å². The maximum absolute atomic E-state index is 12.0. The SMILES string of the molecule is O=C(C[C@@H]1C[C@H]1c1ccccc1)NCCc1nc(C(=O)O)cs1. The summed E-state index contributed by atoms with van der Waals surface area (Å²) in [5, 5.41) is 14.0. The van der Waals surface area contributed by atoms with Gasteiger partial charge < -0.3 is 10.4 Å². The molecule has 2 atom stereocenters. The van der Waals surface area contributed by atoms with Crippen LogP contribution >= 0.6 is 11.3 Å². The molecule has 1 saturated carbocycles. The third-order valence-electron chi connectivity index (χ3n) is 4.03. The lowest BCUT2D eigenvalue weighted by atomic mass is 10.1. The summed E-state index contributed by atoms with van der Waals surface area (Å²) in [6.07, 6.45) is 2.19. The van der Waals surface area contributed by atoms with E-state index < -0.39 is 5.97 Å². The van der Waals surface area contributed by atoms with Crippen molar-refractivity contribution in [1.29, 1.82) is 0 Å². The summed E-state index contributed by atoms with van der Waals surface area (Å²) >= 11 is 1.31. The Kier molecular flexibility index (Phi) is 4.71. The summed E-state index contributed by atoms with van der Waals surface area (Å²) in [5.74, 6) is -0.00409. The average molecular weight is 330 g/mol. The Morgan fingerprint density at radius 1 is 1.30 bits per heavy atom. The van der Waals surface area contributed by atoms with Gasteiger partial charge in [-0.1, -0.05) is 30.3 Å². The number of carboxylic acids is 1. The topological polar surface area (TPSA) is 79.3 Å². The second kappa shape index (κ2) is 6.91. The van der Waals surface area contributed by atoms with Gasteiger partial charge in [0.25, 0.3) is 0 Å². The highest BCUT2D eigenvalue weighted by Gasteiger charge is 2.39. The quantitative estimate of drug-likeness (QED) is 0.818. The van der Waals surface area contributed by atoms with E-state index in [9.17, 15) is 9.59 Å². The number of aromatic nitrogens is 1. The molecule has 2 N–H and O–H groups in total. The number of carboxylic acid groups (broad SMARTS) is 1. The molecule has 0 unspecified atom stereocenters. The number of rotatable bonds is 7. The van der Waals surface area contributed by atoms with Gasteiger partial charge in [0.05, 0.1) is 5.01 Å². The molecule has 2 aromatic rings. The van der Waals surface area contributed by atoms with E-state index in [2.05, 4.69) is 22.4 Å². The van der Waals surface area contributed by atoms with Crippen molar-refractivity contribution in [3.05, 3.63) is 52.0 Å². The summed E-state index contributed by atoms with van der Waals surface area (Å²) in [6.45, 7) is 0.494. The van der Waals surface area contributed by atoms with Crippen LogP contribution in [0.3, 0.4) is 0 Å². The number of benzene rings is 1. The zero-order valence-corrected chi connectivity index (χ0v) is 13.4. The fraction of sp³-hybridized carbons (Fsp3) is 0.353. The number of hydrogen-bond donors (Lipinski definition) is 2. The number of thiazole rings is 1. The predicted octanol–water partition coefficient (Wildman–Crippen LogP) is 2.69. The Morgan fingerprint density at radius 3 is 2.78 bits per heavy atom. The fourth-order valence-electron chi connectivity index (χ4n) is 2.72. The normalized spacial score (nSPS) is 19.3. The summed E-state index contributed by atoms with van der Waals surface area (Å²) in [6, 6.07) is 10.3. The molecule has 1 fully saturated rings. The first-order valence-electron chi connectivity index (χ1n) is 7.63. The zero-order valence-electron chi connectivity index (χ0n) is 12.6. The molecule has 1 heterocycles. The van der Waals surface area contributed by atoms with Gasteiger partial charge in [-0.3, -0.25) is 4.79 Å². The van der Waals surface area contributed by atoms with Crippen molar-refractivity contribution in [3.8, 4) is 0 Å². The molecule has 6 heteroatoms. The van der Waals surface area contributed by atoms with Crippen LogP contribution in [0, 0.1) is 5.92 Å². The summed E-state index contributed by atoms with van der Waals surface area (Å²) in [4.78, 5) is 26.7. The molecule has 0 saturated heterocycles. The average Bonchev–Trinajstić information content (AvgIpc) is 3.13. The molecule has 1 aromatic carbocycles. The molecule has 1 aromatic heterocycles. The number of nitrogens with one attached hydrogen (secondary N) is 1. The lowest BCUT2D eigenvalue weighted by molar-refractivity contribution is -0.121. The lowest BCUT2D eigenvalue weighted by Gasteiger charge is -2.04. The van der Waals surface area contributed by atoms with E-state index in [1.807, 2.05) is 18.2 Å². The van der Waals surface area contributed by atoms with Gasteiger partial charge >= 0.3 is 5.97 Å². The largest absolute Gasteiger partial charge is 0.476 e. The van der Waals surface area contributed by atoms with Crippen molar-refractivity contribution in [2.75, 3.05) is 6.54 Å². The molecule has 23 heavy (non-hydrogen) atoms. The molecule has 0 bridgehead atoms. The van der Waals surface area contributed by atoms with E-state index in [-0.39, 0.29) is 11.6 Å². The molecule has 5 nitrogen and oxygen atoms in total. The molecule has 0 aliphatic heterocycles. The van der Waals surface area contributed by atoms with E-state index in [1.165, 1.54) is 22.3 Å². The number of carbonyl (C=O) groups excluding carboxylic acids is 1. The molecule has 0 spiro atoms. The lowest BCUT2D eigenvalue weighted by Crippen LogP contribution is -2.26. The molecule has 120 valence electrons. The zero-order chi connectivity index (χ0) is 16.2. The summed E-state index contributed by atoms with van der Waals surface area (Å²) in [5.41, 5.74) is 1.38. The van der Waals surface area contributed by atoms with Crippen LogP contribution in [0.15, 0.2) is 35.7 Å². The van der Waals surface area contributed by atoms with Crippen molar-refractivity contribution in [2.45, 2.75) is 25.2 Å². The van der Waals surface area contributed by atoms with Crippen LogP contribution < -0.4 is 5.32 Å².